The molecule has 1 aromatic carbocycles. The summed E-state index contributed by atoms with van der Waals surface area (Å²) in [6.45, 7) is 4.31. The van der Waals surface area contributed by atoms with E-state index in [9.17, 15) is 0 Å². The zero-order chi connectivity index (χ0) is 12.4. The second-order valence-electron chi connectivity index (χ2n) is 4.22. The van der Waals surface area contributed by atoms with Crippen molar-refractivity contribution in [2.45, 2.75) is 26.7 Å². The predicted octanol–water partition coefficient (Wildman–Crippen LogP) is 2.79. The monoisotopic (exact) mass is 229 g/mol. The van der Waals surface area contributed by atoms with Gasteiger partial charge in [-0.1, -0.05) is 26.0 Å². The third kappa shape index (κ3) is 2.05. The van der Waals surface area contributed by atoms with Gasteiger partial charge in [0.1, 0.15) is 0 Å². The maximum absolute atomic E-state index is 5.73. The Kier molecular flexibility index (Phi) is 3.18. The summed E-state index contributed by atoms with van der Waals surface area (Å²) < 4.78 is 1.99. The molecule has 0 aliphatic carbocycles. The summed E-state index contributed by atoms with van der Waals surface area (Å²) in [5.74, 6) is 0. The van der Waals surface area contributed by atoms with Crippen LogP contribution in [0.25, 0.3) is 11.1 Å². The van der Waals surface area contributed by atoms with Crippen molar-refractivity contribution in [3.05, 3.63) is 35.7 Å². The van der Waals surface area contributed by atoms with Gasteiger partial charge in [0.15, 0.2) is 0 Å². The fraction of sp³-hybridized carbons (Fsp3) is 0.357. The van der Waals surface area contributed by atoms with E-state index in [0.717, 1.165) is 24.2 Å². The maximum Gasteiger partial charge on any atom is 0.0703 e. The molecule has 0 amide bonds. The van der Waals surface area contributed by atoms with Crippen LogP contribution in [0.3, 0.4) is 0 Å². The van der Waals surface area contributed by atoms with Crippen LogP contribution in [0, 0.1) is 0 Å². The number of anilines is 1. The van der Waals surface area contributed by atoms with E-state index in [1.54, 1.807) is 0 Å². The average Bonchev–Trinajstić information content (AvgIpc) is 2.66. The molecule has 0 saturated heterocycles. The van der Waals surface area contributed by atoms with Gasteiger partial charge in [-0.25, -0.2) is 0 Å². The summed E-state index contributed by atoms with van der Waals surface area (Å²) >= 11 is 0. The highest BCUT2D eigenvalue weighted by molar-refractivity contribution is 5.70. The lowest BCUT2D eigenvalue weighted by Crippen LogP contribution is -1.97. The maximum atomic E-state index is 5.73. The highest BCUT2D eigenvalue weighted by atomic mass is 15.3. The zero-order valence-corrected chi connectivity index (χ0v) is 10.7. The van der Waals surface area contributed by atoms with E-state index in [2.05, 4.69) is 31.1 Å². The van der Waals surface area contributed by atoms with Crippen molar-refractivity contribution in [3.63, 3.8) is 0 Å². The van der Waals surface area contributed by atoms with E-state index < -0.39 is 0 Å². The normalized spacial score (nSPS) is 10.8. The Bertz CT molecular complexity index is 509. The van der Waals surface area contributed by atoms with Crippen molar-refractivity contribution in [3.8, 4) is 11.1 Å². The molecule has 3 nitrogen and oxygen atoms in total. The number of aryl methyl sites for hydroxylation is 2. The molecule has 0 radical (unpaired) electrons. The van der Waals surface area contributed by atoms with Crippen LogP contribution in [0.4, 0.5) is 5.69 Å². The third-order valence-corrected chi connectivity index (χ3v) is 3.11. The van der Waals surface area contributed by atoms with Gasteiger partial charge in [-0.3, -0.25) is 4.68 Å². The minimum Gasteiger partial charge on any atom is -0.399 e. The van der Waals surface area contributed by atoms with E-state index in [1.807, 2.05) is 23.9 Å². The second kappa shape index (κ2) is 4.62. The van der Waals surface area contributed by atoms with Crippen LogP contribution in [0.1, 0.15) is 25.2 Å². The first-order chi connectivity index (χ1) is 8.17. The molecule has 2 rings (SSSR count). The van der Waals surface area contributed by atoms with Crippen molar-refractivity contribution >= 4 is 5.69 Å². The Labute approximate surface area is 102 Å². The second-order valence-corrected chi connectivity index (χ2v) is 4.22. The molecule has 1 heterocycles. The molecule has 1 aromatic heterocycles. The van der Waals surface area contributed by atoms with Gasteiger partial charge in [0.25, 0.3) is 0 Å². The Balaban J connectivity index is 2.60. The standard InChI is InChI=1S/C14H19N3/c1-4-12-14(13(5-2)17(3)16-12)10-6-8-11(15)9-7-10/h6-9H,4-5,15H2,1-3H3. The van der Waals surface area contributed by atoms with Gasteiger partial charge in [0.2, 0.25) is 0 Å². The van der Waals surface area contributed by atoms with Crippen molar-refractivity contribution < 1.29 is 0 Å². The van der Waals surface area contributed by atoms with E-state index in [4.69, 9.17) is 5.73 Å². The van der Waals surface area contributed by atoms with Gasteiger partial charge in [-0.05, 0) is 30.5 Å². The molecule has 0 unspecified atom stereocenters. The van der Waals surface area contributed by atoms with Crippen LogP contribution < -0.4 is 5.73 Å². The highest BCUT2D eigenvalue weighted by Gasteiger charge is 2.14. The summed E-state index contributed by atoms with van der Waals surface area (Å²) in [6, 6.07) is 8.04. The molecule has 17 heavy (non-hydrogen) atoms. The molecule has 0 aliphatic heterocycles. The summed E-state index contributed by atoms with van der Waals surface area (Å²) in [7, 11) is 2.01. The predicted molar refractivity (Wildman–Crippen MR) is 71.8 cm³/mol. The molecule has 0 saturated carbocycles. The molecule has 0 atom stereocenters. The number of rotatable bonds is 3. The van der Waals surface area contributed by atoms with E-state index in [0.29, 0.717) is 0 Å². The topological polar surface area (TPSA) is 43.8 Å². The third-order valence-electron chi connectivity index (χ3n) is 3.11. The van der Waals surface area contributed by atoms with Crippen molar-refractivity contribution in [1.29, 1.82) is 0 Å². The molecular weight excluding hydrogens is 210 g/mol. The Hall–Kier alpha value is -1.77. The number of hydrogen-bond acceptors (Lipinski definition) is 2. The molecule has 0 aliphatic rings. The number of nitrogens with two attached hydrogens (primary N) is 1. The largest absolute Gasteiger partial charge is 0.399 e. The average molecular weight is 229 g/mol. The summed E-state index contributed by atoms with van der Waals surface area (Å²) in [5, 5.41) is 4.58. The van der Waals surface area contributed by atoms with Crippen LogP contribution in [-0.4, -0.2) is 9.78 Å². The molecule has 90 valence electrons. The molecule has 0 spiro atoms. The molecular formula is C14H19N3. The number of aromatic nitrogens is 2. The number of hydrogen-bond donors (Lipinski definition) is 1. The van der Waals surface area contributed by atoms with Crippen LogP contribution in [0.15, 0.2) is 24.3 Å². The zero-order valence-electron chi connectivity index (χ0n) is 10.7. The van der Waals surface area contributed by atoms with Gasteiger partial charge in [-0.2, -0.15) is 5.10 Å². The quantitative estimate of drug-likeness (QED) is 0.822. The Morgan fingerprint density at radius 3 is 2.29 bits per heavy atom. The molecule has 2 aromatic rings. The molecule has 0 bridgehead atoms. The number of benzene rings is 1. The highest BCUT2D eigenvalue weighted by Crippen LogP contribution is 2.28. The van der Waals surface area contributed by atoms with Crippen molar-refractivity contribution in [2.75, 3.05) is 5.73 Å². The number of nitrogens with zero attached hydrogens (tertiary/aromatic N) is 2. The first kappa shape index (κ1) is 11.7. The minimum absolute atomic E-state index is 0.800. The van der Waals surface area contributed by atoms with Crippen LogP contribution in [-0.2, 0) is 19.9 Å². The smallest absolute Gasteiger partial charge is 0.0703 e. The van der Waals surface area contributed by atoms with Crippen LogP contribution in [0.2, 0.25) is 0 Å². The summed E-state index contributed by atoms with van der Waals surface area (Å²) in [5.41, 5.74) is 11.5. The van der Waals surface area contributed by atoms with E-state index >= 15 is 0 Å². The van der Waals surface area contributed by atoms with Crippen LogP contribution in [0.5, 0.6) is 0 Å². The van der Waals surface area contributed by atoms with Gasteiger partial charge < -0.3 is 5.73 Å². The summed E-state index contributed by atoms with van der Waals surface area (Å²) in [4.78, 5) is 0. The SMILES string of the molecule is CCc1nn(C)c(CC)c1-c1ccc(N)cc1. The lowest BCUT2D eigenvalue weighted by atomic mass is 10.0. The van der Waals surface area contributed by atoms with Gasteiger partial charge in [0, 0.05) is 24.0 Å². The number of nitrogen functional groups attached to an aromatic ring is 1. The Morgan fingerprint density at radius 1 is 1.12 bits per heavy atom. The first-order valence-electron chi connectivity index (χ1n) is 6.08. The minimum atomic E-state index is 0.800. The molecule has 0 fully saturated rings. The molecule has 3 heteroatoms. The summed E-state index contributed by atoms with van der Waals surface area (Å²) in [6.07, 6.45) is 1.94. The lowest BCUT2D eigenvalue weighted by Gasteiger charge is -2.05. The Morgan fingerprint density at radius 2 is 1.76 bits per heavy atom. The van der Waals surface area contributed by atoms with Gasteiger partial charge in [0.05, 0.1) is 5.69 Å². The van der Waals surface area contributed by atoms with Gasteiger partial charge >= 0.3 is 0 Å². The van der Waals surface area contributed by atoms with Gasteiger partial charge in [-0.15, -0.1) is 0 Å². The first-order valence-corrected chi connectivity index (χ1v) is 6.08. The fourth-order valence-electron chi connectivity index (χ4n) is 2.26. The van der Waals surface area contributed by atoms with Crippen molar-refractivity contribution in [2.24, 2.45) is 7.05 Å². The fourth-order valence-corrected chi connectivity index (χ4v) is 2.26. The lowest BCUT2D eigenvalue weighted by molar-refractivity contribution is 0.705. The van der Waals surface area contributed by atoms with Crippen LogP contribution >= 0.6 is 0 Å². The molecule has 2 N–H and O–H groups in total. The van der Waals surface area contributed by atoms with E-state index in [1.165, 1.54) is 16.8 Å². The van der Waals surface area contributed by atoms with E-state index in [-0.39, 0.29) is 0 Å². The van der Waals surface area contributed by atoms with Crippen molar-refractivity contribution in [1.82, 2.24) is 9.78 Å².